The van der Waals surface area contributed by atoms with E-state index in [9.17, 15) is 0 Å². The van der Waals surface area contributed by atoms with E-state index < -0.39 is 0 Å². The van der Waals surface area contributed by atoms with Gasteiger partial charge < -0.3 is 5.32 Å². The predicted octanol–water partition coefficient (Wildman–Crippen LogP) is 3.69. The predicted molar refractivity (Wildman–Crippen MR) is 87.2 cm³/mol. The second-order valence-electron chi connectivity index (χ2n) is 6.39. The Hall–Kier alpha value is -0.860. The van der Waals surface area contributed by atoms with E-state index in [0.29, 0.717) is 6.04 Å². The molecule has 1 aromatic carbocycles. The van der Waals surface area contributed by atoms with Crippen molar-refractivity contribution in [1.29, 1.82) is 0 Å². The highest BCUT2D eigenvalue weighted by Gasteiger charge is 2.23. The number of piperidine rings is 1. The smallest absolute Gasteiger partial charge is 0.0319 e. The number of nitrogens with one attached hydrogen (secondary N) is 1. The molecule has 1 heterocycles. The summed E-state index contributed by atoms with van der Waals surface area (Å²) in [4.78, 5) is 2.65. The summed E-state index contributed by atoms with van der Waals surface area (Å²) in [6.45, 7) is 10.4. The van der Waals surface area contributed by atoms with Crippen LogP contribution < -0.4 is 5.32 Å². The molecule has 1 N–H and O–H groups in total. The minimum Gasteiger partial charge on any atom is -0.320 e. The minimum absolute atomic E-state index is 0.555. The largest absolute Gasteiger partial charge is 0.320 e. The zero-order chi connectivity index (χ0) is 14.5. The third-order valence-corrected chi connectivity index (χ3v) is 5.01. The van der Waals surface area contributed by atoms with E-state index in [1.807, 2.05) is 0 Å². The lowest BCUT2D eigenvalue weighted by molar-refractivity contribution is 0.137. The SMILES string of the molecule is CNCCC1CCN(C(C)c2ccc(C)c(C)c2)CC1. The molecule has 0 aromatic heterocycles. The molecule has 2 rings (SSSR count). The van der Waals surface area contributed by atoms with E-state index in [4.69, 9.17) is 0 Å². The lowest BCUT2D eigenvalue weighted by Gasteiger charge is -2.36. The summed E-state index contributed by atoms with van der Waals surface area (Å²) in [5.41, 5.74) is 4.28. The number of aryl methyl sites for hydroxylation is 2. The molecule has 1 aliphatic rings. The molecule has 20 heavy (non-hydrogen) atoms. The van der Waals surface area contributed by atoms with E-state index in [1.54, 1.807) is 0 Å². The fourth-order valence-electron chi connectivity index (χ4n) is 3.21. The van der Waals surface area contributed by atoms with Crippen molar-refractivity contribution in [3.8, 4) is 0 Å². The zero-order valence-electron chi connectivity index (χ0n) is 13.6. The molecule has 0 saturated carbocycles. The summed E-state index contributed by atoms with van der Waals surface area (Å²) in [6.07, 6.45) is 4.05. The molecule has 0 bridgehead atoms. The third kappa shape index (κ3) is 3.83. The Kier molecular flexibility index (Phi) is 5.62. The van der Waals surface area contributed by atoms with Crippen LogP contribution in [-0.4, -0.2) is 31.6 Å². The quantitative estimate of drug-likeness (QED) is 0.881. The molecule has 112 valence electrons. The number of likely N-dealkylation sites (tertiary alicyclic amines) is 1. The van der Waals surface area contributed by atoms with Gasteiger partial charge in [0.2, 0.25) is 0 Å². The van der Waals surface area contributed by atoms with Crippen LogP contribution >= 0.6 is 0 Å². The molecule has 1 unspecified atom stereocenters. The Morgan fingerprint density at radius 1 is 1.20 bits per heavy atom. The molecule has 0 aliphatic carbocycles. The molecule has 2 heteroatoms. The van der Waals surface area contributed by atoms with E-state index in [1.165, 1.54) is 49.0 Å². The van der Waals surface area contributed by atoms with Crippen molar-refractivity contribution in [1.82, 2.24) is 10.2 Å². The Morgan fingerprint density at radius 3 is 2.50 bits per heavy atom. The normalized spacial score (nSPS) is 19.2. The van der Waals surface area contributed by atoms with E-state index >= 15 is 0 Å². The number of nitrogens with zero attached hydrogens (tertiary/aromatic N) is 1. The summed E-state index contributed by atoms with van der Waals surface area (Å²) >= 11 is 0. The second kappa shape index (κ2) is 7.24. The first-order valence-electron chi connectivity index (χ1n) is 8.07. The highest BCUT2D eigenvalue weighted by Crippen LogP contribution is 2.28. The van der Waals surface area contributed by atoms with Crippen LogP contribution in [0.4, 0.5) is 0 Å². The molecule has 1 fully saturated rings. The second-order valence-corrected chi connectivity index (χ2v) is 6.39. The Bertz CT molecular complexity index is 419. The summed E-state index contributed by atoms with van der Waals surface area (Å²) < 4.78 is 0. The van der Waals surface area contributed by atoms with Crippen LogP contribution in [0.5, 0.6) is 0 Å². The van der Waals surface area contributed by atoms with Gasteiger partial charge in [0, 0.05) is 6.04 Å². The van der Waals surface area contributed by atoms with Gasteiger partial charge in [-0.15, -0.1) is 0 Å². The standard InChI is InChI=1S/C18H30N2/c1-14-5-6-18(13-15(14)2)16(3)20-11-8-17(9-12-20)7-10-19-4/h5-6,13,16-17,19H,7-12H2,1-4H3. The maximum atomic E-state index is 3.27. The van der Waals surface area contributed by atoms with Crippen LogP contribution in [0.25, 0.3) is 0 Å². The fraction of sp³-hybridized carbons (Fsp3) is 0.667. The van der Waals surface area contributed by atoms with Gasteiger partial charge in [-0.2, -0.15) is 0 Å². The van der Waals surface area contributed by atoms with Crippen LogP contribution in [0.3, 0.4) is 0 Å². The summed E-state index contributed by atoms with van der Waals surface area (Å²) in [7, 11) is 2.05. The van der Waals surface area contributed by atoms with Crippen molar-refractivity contribution in [3.05, 3.63) is 34.9 Å². The molecule has 1 aliphatic heterocycles. The summed E-state index contributed by atoms with van der Waals surface area (Å²) in [6, 6.07) is 7.49. The van der Waals surface area contributed by atoms with Gasteiger partial charge in [-0.25, -0.2) is 0 Å². The van der Waals surface area contributed by atoms with E-state index in [0.717, 1.165) is 12.5 Å². The van der Waals surface area contributed by atoms with Gasteiger partial charge in [-0.1, -0.05) is 18.2 Å². The van der Waals surface area contributed by atoms with E-state index in [2.05, 4.69) is 56.2 Å². The molecule has 1 atom stereocenters. The van der Waals surface area contributed by atoms with Crippen LogP contribution in [0.1, 0.15) is 48.9 Å². The number of hydrogen-bond acceptors (Lipinski definition) is 2. The first-order chi connectivity index (χ1) is 9.61. The molecule has 1 saturated heterocycles. The highest BCUT2D eigenvalue weighted by molar-refractivity contribution is 5.31. The Balaban J connectivity index is 1.91. The molecular weight excluding hydrogens is 244 g/mol. The Morgan fingerprint density at radius 2 is 1.90 bits per heavy atom. The molecule has 0 amide bonds. The fourth-order valence-corrected chi connectivity index (χ4v) is 3.21. The van der Waals surface area contributed by atoms with Crippen LogP contribution in [0.2, 0.25) is 0 Å². The molecule has 0 radical (unpaired) electrons. The van der Waals surface area contributed by atoms with Gasteiger partial charge in [0.15, 0.2) is 0 Å². The number of hydrogen-bond donors (Lipinski definition) is 1. The van der Waals surface area contributed by atoms with Gasteiger partial charge in [0.05, 0.1) is 0 Å². The molecule has 2 nitrogen and oxygen atoms in total. The van der Waals surface area contributed by atoms with Crippen molar-refractivity contribution in [3.63, 3.8) is 0 Å². The first kappa shape index (κ1) is 15.5. The van der Waals surface area contributed by atoms with Gasteiger partial charge in [0.25, 0.3) is 0 Å². The van der Waals surface area contributed by atoms with Gasteiger partial charge >= 0.3 is 0 Å². The average Bonchev–Trinajstić information content (AvgIpc) is 2.48. The van der Waals surface area contributed by atoms with Crippen LogP contribution in [0, 0.1) is 19.8 Å². The molecule has 0 spiro atoms. The zero-order valence-corrected chi connectivity index (χ0v) is 13.6. The molecular formula is C18H30N2. The summed E-state index contributed by atoms with van der Waals surface area (Å²) in [5, 5.41) is 3.27. The van der Waals surface area contributed by atoms with Crippen molar-refractivity contribution in [2.24, 2.45) is 5.92 Å². The van der Waals surface area contributed by atoms with Crippen molar-refractivity contribution >= 4 is 0 Å². The first-order valence-corrected chi connectivity index (χ1v) is 8.07. The number of benzene rings is 1. The van der Waals surface area contributed by atoms with Crippen molar-refractivity contribution in [2.75, 3.05) is 26.7 Å². The third-order valence-electron chi connectivity index (χ3n) is 5.01. The van der Waals surface area contributed by atoms with Crippen molar-refractivity contribution < 1.29 is 0 Å². The molecule has 1 aromatic rings. The summed E-state index contributed by atoms with van der Waals surface area (Å²) in [5.74, 6) is 0.922. The van der Waals surface area contributed by atoms with Gasteiger partial charge in [-0.3, -0.25) is 4.90 Å². The number of rotatable bonds is 5. The minimum atomic E-state index is 0.555. The average molecular weight is 274 g/mol. The topological polar surface area (TPSA) is 15.3 Å². The van der Waals surface area contributed by atoms with Gasteiger partial charge in [0.1, 0.15) is 0 Å². The van der Waals surface area contributed by atoms with Crippen molar-refractivity contribution in [2.45, 2.75) is 46.1 Å². The maximum Gasteiger partial charge on any atom is 0.0319 e. The highest BCUT2D eigenvalue weighted by atomic mass is 15.2. The maximum absolute atomic E-state index is 3.27. The lowest BCUT2D eigenvalue weighted by Crippen LogP contribution is -2.36. The lowest BCUT2D eigenvalue weighted by atomic mass is 9.91. The van der Waals surface area contributed by atoms with Crippen LogP contribution in [0.15, 0.2) is 18.2 Å². The van der Waals surface area contributed by atoms with Crippen LogP contribution in [-0.2, 0) is 0 Å². The Labute approximate surface area is 124 Å². The van der Waals surface area contributed by atoms with Gasteiger partial charge in [-0.05, 0) is 89.3 Å². The monoisotopic (exact) mass is 274 g/mol. The van der Waals surface area contributed by atoms with E-state index in [-0.39, 0.29) is 0 Å².